The lowest BCUT2D eigenvalue weighted by atomic mass is 9.99. The van der Waals surface area contributed by atoms with E-state index in [-0.39, 0.29) is 28.8 Å². The Morgan fingerprint density at radius 1 is 1.07 bits per heavy atom. The van der Waals surface area contributed by atoms with Crippen molar-refractivity contribution in [2.24, 2.45) is 0 Å². The summed E-state index contributed by atoms with van der Waals surface area (Å²) >= 11 is 0. The van der Waals surface area contributed by atoms with Crippen LogP contribution < -0.4 is 5.43 Å². The Kier molecular flexibility index (Phi) is 5.49. The van der Waals surface area contributed by atoms with E-state index in [2.05, 4.69) is 0 Å². The summed E-state index contributed by atoms with van der Waals surface area (Å²) in [5.41, 5.74) is 0.388. The zero-order valence-corrected chi connectivity index (χ0v) is 16.1. The zero-order chi connectivity index (χ0) is 21.6. The average molecular weight is 418 g/mol. The molecule has 0 saturated carbocycles. The normalized spacial score (nSPS) is 27.0. The van der Waals surface area contributed by atoms with Gasteiger partial charge in [0.05, 0.1) is 13.2 Å². The second-order valence-electron chi connectivity index (χ2n) is 7.34. The maximum Gasteiger partial charge on any atom is 0.196 e. The molecular formula is C21H22O9. The van der Waals surface area contributed by atoms with E-state index in [9.17, 15) is 30.3 Å². The summed E-state index contributed by atoms with van der Waals surface area (Å²) in [5.74, 6) is 0.178. The van der Waals surface area contributed by atoms with Crippen molar-refractivity contribution in [2.45, 2.75) is 44.2 Å². The maximum absolute atomic E-state index is 12.4. The number of phenols is 1. The highest BCUT2D eigenvalue weighted by Crippen LogP contribution is 2.35. The molecule has 5 N–H and O–H groups in total. The number of hydrogen-bond donors (Lipinski definition) is 5. The van der Waals surface area contributed by atoms with Crippen LogP contribution >= 0.6 is 0 Å². The largest absolute Gasteiger partial charge is 0.506 e. The molecule has 160 valence electrons. The van der Waals surface area contributed by atoms with Gasteiger partial charge in [0.15, 0.2) is 11.7 Å². The van der Waals surface area contributed by atoms with Gasteiger partial charge in [-0.2, -0.15) is 0 Å². The van der Waals surface area contributed by atoms with E-state index in [1.54, 1.807) is 31.2 Å². The Labute approximate surface area is 170 Å². The van der Waals surface area contributed by atoms with Crippen LogP contribution in [-0.4, -0.2) is 62.8 Å². The highest BCUT2D eigenvalue weighted by atomic mass is 16.7. The first kappa shape index (κ1) is 20.7. The molecule has 9 heteroatoms. The summed E-state index contributed by atoms with van der Waals surface area (Å²) in [6.45, 7) is 0.935. The average Bonchev–Trinajstić information content (AvgIpc) is 2.71. The Morgan fingerprint density at radius 2 is 1.83 bits per heavy atom. The molecule has 5 atom stereocenters. The van der Waals surface area contributed by atoms with Crippen LogP contribution in [0.1, 0.15) is 11.3 Å². The summed E-state index contributed by atoms with van der Waals surface area (Å²) in [6, 6.07) is 8.09. The zero-order valence-electron chi connectivity index (χ0n) is 16.1. The van der Waals surface area contributed by atoms with Crippen molar-refractivity contribution in [1.29, 1.82) is 0 Å². The minimum atomic E-state index is -1.56. The van der Waals surface area contributed by atoms with Gasteiger partial charge in [-0.1, -0.05) is 18.2 Å². The summed E-state index contributed by atoms with van der Waals surface area (Å²) in [6.07, 6.45) is -6.99. The minimum absolute atomic E-state index is 0.0494. The maximum atomic E-state index is 12.4. The fourth-order valence-electron chi connectivity index (χ4n) is 3.76. The number of ether oxygens (including phenoxy) is 2. The number of benzene rings is 2. The summed E-state index contributed by atoms with van der Waals surface area (Å²) < 4.78 is 16.5. The molecule has 2 aromatic carbocycles. The SMILES string of the molecule is Cc1cc(=O)c2c(O)c3c(CO[C@@H]4O[C@H](CO)[C@@H](O)[C@H](O)[C@H]4O)cccc3cc2o1. The van der Waals surface area contributed by atoms with Crippen molar-refractivity contribution in [3.8, 4) is 5.75 Å². The van der Waals surface area contributed by atoms with Crippen LogP contribution in [-0.2, 0) is 16.1 Å². The van der Waals surface area contributed by atoms with Crippen LogP contribution in [0.5, 0.6) is 5.75 Å². The van der Waals surface area contributed by atoms with E-state index in [0.29, 0.717) is 22.1 Å². The molecule has 0 spiro atoms. The first-order chi connectivity index (χ1) is 14.3. The molecule has 9 nitrogen and oxygen atoms in total. The molecule has 0 radical (unpaired) electrons. The topological polar surface area (TPSA) is 150 Å². The van der Waals surface area contributed by atoms with Gasteiger partial charge < -0.3 is 39.4 Å². The Bertz CT molecular complexity index is 1140. The summed E-state index contributed by atoms with van der Waals surface area (Å²) in [4.78, 5) is 12.4. The van der Waals surface area contributed by atoms with Crippen LogP contribution in [0.25, 0.3) is 21.7 Å². The number of aliphatic hydroxyl groups is 4. The Morgan fingerprint density at radius 3 is 2.57 bits per heavy atom. The van der Waals surface area contributed by atoms with Gasteiger partial charge in [-0.25, -0.2) is 0 Å². The summed E-state index contributed by atoms with van der Waals surface area (Å²) in [7, 11) is 0. The molecular weight excluding hydrogens is 396 g/mol. The van der Waals surface area contributed by atoms with Gasteiger partial charge in [0.2, 0.25) is 0 Å². The van der Waals surface area contributed by atoms with Crippen LogP contribution in [0, 0.1) is 6.92 Å². The number of aromatic hydroxyl groups is 1. The molecule has 1 fully saturated rings. The second-order valence-corrected chi connectivity index (χ2v) is 7.34. The van der Waals surface area contributed by atoms with E-state index in [4.69, 9.17) is 13.9 Å². The van der Waals surface area contributed by atoms with Gasteiger partial charge in [-0.15, -0.1) is 0 Å². The number of hydrogen-bond acceptors (Lipinski definition) is 9. The predicted molar refractivity (Wildman–Crippen MR) is 105 cm³/mol. The van der Waals surface area contributed by atoms with E-state index in [1.165, 1.54) is 6.07 Å². The third-order valence-corrected chi connectivity index (χ3v) is 5.29. The molecule has 1 aliphatic heterocycles. The number of rotatable bonds is 4. The Balaban J connectivity index is 1.70. The van der Waals surface area contributed by atoms with Crippen LogP contribution in [0.2, 0.25) is 0 Å². The standard InChI is InChI=1S/C21H22O9/c1-9-5-12(23)16-13(29-9)6-10-3-2-4-11(15(10)18(16)25)8-28-21-20(27)19(26)17(24)14(7-22)30-21/h2-6,14,17,19-22,24-27H,7-8H2,1H3/t14-,17-,19+,20-,21-/m1/s1. The molecule has 0 unspecified atom stereocenters. The van der Waals surface area contributed by atoms with Gasteiger partial charge in [-0.05, 0) is 23.9 Å². The van der Waals surface area contributed by atoms with Gasteiger partial charge in [0, 0.05) is 11.5 Å². The van der Waals surface area contributed by atoms with Crippen molar-refractivity contribution in [2.75, 3.05) is 6.61 Å². The van der Waals surface area contributed by atoms with Crippen LogP contribution in [0.3, 0.4) is 0 Å². The smallest absolute Gasteiger partial charge is 0.196 e. The highest BCUT2D eigenvalue weighted by Gasteiger charge is 2.44. The number of aliphatic hydroxyl groups excluding tert-OH is 4. The number of aryl methyl sites for hydroxylation is 1. The van der Waals surface area contributed by atoms with Gasteiger partial charge in [0.25, 0.3) is 0 Å². The first-order valence-electron chi connectivity index (χ1n) is 9.42. The lowest BCUT2D eigenvalue weighted by Gasteiger charge is -2.39. The number of fused-ring (bicyclic) bond motifs is 2. The second kappa shape index (κ2) is 7.95. The van der Waals surface area contributed by atoms with Gasteiger partial charge >= 0.3 is 0 Å². The molecule has 1 aromatic heterocycles. The fourth-order valence-corrected chi connectivity index (χ4v) is 3.76. The molecule has 30 heavy (non-hydrogen) atoms. The lowest BCUT2D eigenvalue weighted by molar-refractivity contribution is -0.304. The summed E-state index contributed by atoms with van der Waals surface area (Å²) in [5, 5.41) is 51.0. The van der Waals surface area contributed by atoms with E-state index < -0.39 is 37.3 Å². The molecule has 1 saturated heterocycles. The quantitative estimate of drug-likeness (QED) is 0.376. The van der Waals surface area contributed by atoms with Crippen molar-refractivity contribution in [3.63, 3.8) is 0 Å². The molecule has 0 amide bonds. The molecule has 0 bridgehead atoms. The third kappa shape index (κ3) is 3.45. The molecule has 1 aliphatic rings. The van der Waals surface area contributed by atoms with E-state index in [0.717, 1.165) is 0 Å². The van der Waals surface area contributed by atoms with Crippen molar-refractivity contribution < 1.29 is 39.4 Å². The van der Waals surface area contributed by atoms with Crippen LogP contribution in [0.4, 0.5) is 0 Å². The molecule has 3 aromatic rings. The molecule has 4 rings (SSSR count). The predicted octanol–water partition coefficient (Wildman–Crippen LogP) is 0.277. The van der Waals surface area contributed by atoms with Crippen molar-refractivity contribution in [3.05, 3.63) is 51.9 Å². The highest BCUT2D eigenvalue weighted by molar-refractivity contribution is 6.04. The van der Waals surface area contributed by atoms with E-state index >= 15 is 0 Å². The van der Waals surface area contributed by atoms with Crippen molar-refractivity contribution >= 4 is 21.7 Å². The molecule has 0 aliphatic carbocycles. The Hall–Kier alpha value is -2.53. The van der Waals surface area contributed by atoms with Gasteiger partial charge in [-0.3, -0.25) is 4.79 Å². The fraction of sp³-hybridized carbons (Fsp3) is 0.381. The minimum Gasteiger partial charge on any atom is -0.506 e. The number of phenolic OH excluding ortho intramolecular Hbond substituents is 1. The van der Waals surface area contributed by atoms with Gasteiger partial charge in [0.1, 0.15) is 46.9 Å². The first-order valence-corrected chi connectivity index (χ1v) is 9.42. The lowest BCUT2D eigenvalue weighted by Crippen LogP contribution is -2.59. The van der Waals surface area contributed by atoms with Crippen LogP contribution in [0.15, 0.2) is 39.5 Å². The third-order valence-electron chi connectivity index (χ3n) is 5.29. The molecule has 2 heterocycles. The van der Waals surface area contributed by atoms with Crippen molar-refractivity contribution in [1.82, 2.24) is 0 Å². The monoisotopic (exact) mass is 418 g/mol. The van der Waals surface area contributed by atoms with E-state index in [1.807, 2.05) is 0 Å².